The first-order chi connectivity index (χ1) is 16.1. The molecule has 2 N–H and O–H groups in total. The number of halogens is 1. The van der Waals surface area contributed by atoms with Gasteiger partial charge in [0.25, 0.3) is 5.91 Å². The molecule has 11 heteroatoms. The van der Waals surface area contributed by atoms with Gasteiger partial charge in [0.2, 0.25) is 6.41 Å². The van der Waals surface area contributed by atoms with Crippen molar-refractivity contribution in [3.05, 3.63) is 52.7 Å². The largest absolute Gasteiger partial charge is 0.452 e. The molecule has 0 spiro atoms. The fourth-order valence-electron chi connectivity index (χ4n) is 3.76. The number of nitrogens with zero attached hydrogens (tertiary/aromatic N) is 2. The summed E-state index contributed by atoms with van der Waals surface area (Å²) in [6, 6.07) is 5.67. The Morgan fingerprint density at radius 2 is 2.24 bits per heavy atom. The van der Waals surface area contributed by atoms with Gasteiger partial charge in [0.1, 0.15) is 6.10 Å². The van der Waals surface area contributed by atoms with Crippen LogP contribution in [0.15, 0.2) is 35.2 Å². The molecule has 9 nitrogen and oxygen atoms in total. The smallest absolute Gasteiger partial charge is 0.313 e. The van der Waals surface area contributed by atoms with E-state index in [1.54, 1.807) is 16.7 Å². The molecule has 0 aliphatic carbocycles. The first kappa shape index (κ1) is 26.1. The number of oxazole rings is 1. The first-order valence-electron chi connectivity index (χ1n) is 10.7. The molecule has 2 aliphatic heterocycles. The highest BCUT2D eigenvalue weighted by Crippen LogP contribution is 2.37. The van der Waals surface area contributed by atoms with Crippen LogP contribution >= 0.6 is 23.4 Å². The van der Waals surface area contributed by atoms with E-state index in [0.29, 0.717) is 30.4 Å². The van der Waals surface area contributed by atoms with Gasteiger partial charge in [-0.25, -0.2) is 4.98 Å². The number of aliphatic hydroxyl groups is 1. The molecule has 2 unspecified atom stereocenters. The van der Waals surface area contributed by atoms with Crippen LogP contribution in [0.3, 0.4) is 0 Å². The van der Waals surface area contributed by atoms with Crippen molar-refractivity contribution in [2.75, 3.05) is 12.4 Å². The molecule has 1 aromatic carbocycles. The van der Waals surface area contributed by atoms with Gasteiger partial charge in [-0.15, -0.1) is 11.8 Å². The summed E-state index contributed by atoms with van der Waals surface area (Å²) in [5.41, 5.74) is 2.07. The highest BCUT2D eigenvalue weighted by Gasteiger charge is 2.46. The van der Waals surface area contributed by atoms with Gasteiger partial charge in [0, 0.05) is 29.3 Å². The van der Waals surface area contributed by atoms with Crippen LogP contribution in [0.5, 0.6) is 0 Å². The lowest BCUT2D eigenvalue weighted by molar-refractivity contribution is -0.154. The number of rotatable bonds is 6. The van der Waals surface area contributed by atoms with Gasteiger partial charge in [-0.3, -0.25) is 14.4 Å². The van der Waals surface area contributed by atoms with Crippen molar-refractivity contribution in [1.29, 1.82) is 0 Å². The average Bonchev–Trinajstić information content (AvgIpc) is 3.53. The fraction of sp³-hybridized carbons (Fsp3) is 0.478. The number of carbonyl (C=O) groups excluding carboxylic acids is 3. The normalized spacial score (nSPS) is 21.9. The van der Waals surface area contributed by atoms with Crippen LogP contribution < -0.4 is 5.32 Å². The van der Waals surface area contributed by atoms with Crippen molar-refractivity contribution in [3.63, 3.8) is 0 Å². The molecule has 34 heavy (non-hydrogen) atoms. The lowest BCUT2D eigenvalue weighted by Gasteiger charge is -2.21. The molecule has 2 aliphatic rings. The molecule has 0 saturated carbocycles. The summed E-state index contributed by atoms with van der Waals surface area (Å²) >= 11 is 7.60. The lowest BCUT2D eigenvalue weighted by atomic mass is 9.96. The van der Waals surface area contributed by atoms with Crippen molar-refractivity contribution >= 4 is 41.6 Å². The summed E-state index contributed by atoms with van der Waals surface area (Å²) in [4.78, 5) is 39.9. The molecule has 2 aromatic rings. The number of aliphatic hydroxyl groups excluding tert-OH is 1. The Balaban J connectivity index is 0.000000229. The van der Waals surface area contributed by atoms with Crippen LogP contribution in [0, 0.1) is 12.8 Å². The van der Waals surface area contributed by atoms with Gasteiger partial charge in [-0.1, -0.05) is 23.7 Å². The number of hydrogen-bond acceptors (Lipinski definition) is 8. The standard InChI is InChI=1S/C14H18N2O5S.C9H10ClNO/c1-14(2)5-16(7-22-14)12(18)9-3-8(13(19)21-9)11(17)10-4-15-6-20-10;1-7-3-2-4-9(10)8(7)5-11-6-12/h4,6,8-9,11,17H,3,5,7H2,1-2H3;2-4,6H,5H2,1H3,(H,11,12)/t8?,9-,11?;/m0./s1. The van der Waals surface area contributed by atoms with Crippen LogP contribution in [0.4, 0.5) is 0 Å². The molecule has 184 valence electrons. The van der Waals surface area contributed by atoms with Crippen molar-refractivity contribution in [3.8, 4) is 0 Å². The van der Waals surface area contributed by atoms with Gasteiger partial charge >= 0.3 is 5.97 Å². The maximum atomic E-state index is 12.5. The van der Waals surface area contributed by atoms with Crippen molar-refractivity contribution in [2.24, 2.45) is 5.92 Å². The molecule has 3 heterocycles. The Kier molecular flexibility index (Phi) is 8.62. The van der Waals surface area contributed by atoms with E-state index in [4.69, 9.17) is 20.8 Å². The van der Waals surface area contributed by atoms with E-state index in [2.05, 4.69) is 24.1 Å². The van der Waals surface area contributed by atoms with Gasteiger partial charge in [0.15, 0.2) is 18.3 Å². The van der Waals surface area contributed by atoms with Gasteiger partial charge in [-0.05, 0) is 38.0 Å². The number of benzene rings is 1. The van der Waals surface area contributed by atoms with E-state index in [-0.39, 0.29) is 22.8 Å². The summed E-state index contributed by atoms with van der Waals surface area (Å²) in [5.74, 6) is -0.778. The van der Waals surface area contributed by atoms with Crippen LogP contribution in [0.25, 0.3) is 0 Å². The zero-order valence-electron chi connectivity index (χ0n) is 19.2. The molecular formula is C23H28ClN3O6S. The molecule has 1 aromatic heterocycles. The molecular weight excluding hydrogens is 482 g/mol. The second-order valence-corrected chi connectivity index (χ2v) is 10.8. The van der Waals surface area contributed by atoms with E-state index in [9.17, 15) is 19.5 Å². The highest BCUT2D eigenvalue weighted by molar-refractivity contribution is 8.00. The Hall–Kier alpha value is -2.56. The summed E-state index contributed by atoms with van der Waals surface area (Å²) in [5, 5.41) is 13.4. The first-order valence-corrected chi connectivity index (χ1v) is 12.1. The quantitative estimate of drug-likeness (QED) is 0.450. The molecule has 2 fully saturated rings. The SMILES string of the molecule is CC1(C)CN(C(=O)[C@@H]2CC(C(O)c3cnco3)C(=O)O2)CS1.Cc1cccc(Cl)c1CNC=O. The van der Waals surface area contributed by atoms with Crippen LogP contribution in [-0.4, -0.2) is 56.5 Å². The number of aromatic nitrogens is 1. The van der Waals surface area contributed by atoms with E-state index in [1.165, 1.54) is 12.6 Å². The highest BCUT2D eigenvalue weighted by atomic mass is 35.5. The summed E-state index contributed by atoms with van der Waals surface area (Å²) in [6.07, 6.45) is 1.39. The van der Waals surface area contributed by atoms with Crippen LogP contribution in [-0.2, 0) is 25.7 Å². The zero-order chi connectivity index (χ0) is 24.9. The molecule has 2 saturated heterocycles. The predicted molar refractivity (Wildman–Crippen MR) is 127 cm³/mol. The van der Waals surface area contributed by atoms with Gasteiger partial charge in [0.05, 0.1) is 18.0 Å². The summed E-state index contributed by atoms with van der Waals surface area (Å²) in [7, 11) is 0. The van der Waals surface area contributed by atoms with Crippen molar-refractivity contribution in [2.45, 2.75) is 50.7 Å². The van der Waals surface area contributed by atoms with Crippen LogP contribution in [0.1, 0.15) is 43.3 Å². The third-order valence-electron chi connectivity index (χ3n) is 5.64. The minimum atomic E-state index is -1.14. The lowest BCUT2D eigenvalue weighted by Crippen LogP contribution is -2.39. The number of hydrogen-bond donors (Lipinski definition) is 2. The number of thioether (sulfide) groups is 1. The Morgan fingerprint density at radius 1 is 1.47 bits per heavy atom. The molecule has 2 amide bonds. The van der Waals surface area contributed by atoms with E-state index in [1.807, 2.05) is 25.1 Å². The van der Waals surface area contributed by atoms with Crippen LogP contribution in [0.2, 0.25) is 5.02 Å². The van der Waals surface area contributed by atoms with E-state index in [0.717, 1.165) is 11.1 Å². The van der Waals surface area contributed by atoms with Gasteiger partial charge in [-0.2, -0.15) is 0 Å². The number of nitrogens with one attached hydrogen (secondary N) is 1. The molecule has 3 atom stereocenters. The molecule has 0 radical (unpaired) electrons. The predicted octanol–water partition coefficient (Wildman–Crippen LogP) is 2.85. The number of aryl methyl sites for hydroxylation is 1. The monoisotopic (exact) mass is 509 g/mol. The van der Waals surface area contributed by atoms with Crippen molar-refractivity contribution in [1.82, 2.24) is 15.2 Å². The topological polar surface area (TPSA) is 122 Å². The number of ether oxygens (including phenoxy) is 1. The minimum absolute atomic E-state index is 0.0109. The Labute approximate surface area is 207 Å². The summed E-state index contributed by atoms with van der Waals surface area (Å²) in [6.45, 7) is 7.23. The number of amides is 2. The Morgan fingerprint density at radius 3 is 2.82 bits per heavy atom. The maximum Gasteiger partial charge on any atom is 0.313 e. The third kappa shape index (κ3) is 6.31. The minimum Gasteiger partial charge on any atom is -0.452 e. The molecule has 4 rings (SSSR count). The van der Waals surface area contributed by atoms with E-state index < -0.39 is 24.1 Å². The zero-order valence-corrected chi connectivity index (χ0v) is 20.8. The Bertz CT molecular complexity index is 996. The van der Waals surface area contributed by atoms with E-state index >= 15 is 0 Å². The maximum absolute atomic E-state index is 12.5. The van der Waals surface area contributed by atoms with Gasteiger partial charge < -0.3 is 24.5 Å². The average molecular weight is 510 g/mol. The third-order valence-corrected chi connectivity index (χ3v) is 7.34. The van der Waals surface area contributed by atoms with Crippen molar-refractivity contribution < 1.29 is 28.6 Å². The second-order valence-electron chi connectivity index (χ2n) is 8.72. The fourth-order valence-corrected chi connectivity index (χ4v) is 5.02. The second kappa shape index (κ2) is 11.2. The number of esters is 1. The number of cyclic esters (lactones) is 1. The summed E-state index contributed by atoms with van der Waals surface area (Å²) < 4.78 is 10.2. The number of carbonyl (C=O) groups is 3. The molecule has 0 bridgehead atoms.